The van der Waals surface area contributed by atoms with Crippen LogP contribution in [0.25, 0.3) is 0 Å². The van der Waals surface area contributed by atoms with E-state index in [1.54, 1.807) is 10.6 Å². The zero-order valence-corrected chi connectivity index (χ0v) is 33.3. The van der Waals surface area contributed by atoms with Gasteiger partial charge in [0, 0.05) is 0 Å². The molecule has 0 amide bonds. The molecule has 0 fully saturated rings. The first-order valence-electron chi connectivity index (χ1n) is 20.2. The maximum absolute atomic E-state index is 10.0. The molecule has 0 spiro atoms. The van der Waals surface area contributed by atoms with Gasteiger partial charge < -0.3 is 15.3 Å². The van der Waals surface area contributed by atoms with Crippen molar-refractivity contribution in [3.63, 3.8) is 0 Å². The van der Waals surface area contributed by atoms with Gasteiger partial charge in [0.05, 0.1) is 0 Å². The van der Waals surface area contributed by atoms with E-state index in [0.29, 0.717) is 19.3 Å². The van der Waals surface area contributed by atoms with Crippen molar-refractivity contribution in [1.29, 1.82) is 0 Å². The first-order valence-corrected chi connectivity index (χ1v) is 21.8. The van der Waals surface area contributed by atoms with Crippen molar-refractivity contribution in [1.82, 2.24) is 0 Å². The summed E-state index contributed by atoms with van der Waals surface area (Å²) in [6.45, 7) is 11.3. The Balaban J connectivity index is -0.000000256. The third-order valence-corrected chi connectivity index (χ3v) is 9.18. The minimum atomic E-state index is 0.0332. The Morgan fingerprint density at radius 3 is 0.783 bits per heavy atom. The van der Waals surface area contributed by atoms with Crippen molar-refractivity contribution in [3.8, 4) is 0 Å². The number of allylic oxidation sites excluding steroid dienone is 3. The molecule has 0 aromatic rings. The predicted octanol–water partition coefficient (Wildman–Crippen LogP) is 11.5. The molecule has 0 N–H and O–H groups in total. The molecule has 0 atom stereocenters. The van der Waals surface area contributed by atoms with Gasteiger partial charge in [-0.1, -0.05) is 134 Å². The van der Waals surface area contributed by atoms with Crippen LogP contribution in [0.5, 0.6) is 0 Å². The molecule has 0 saturated heterocycles. The van der Waals surface area contributed by atoms with Crippen LogP contribution >= 0.6 is 0 Å². The molecule has 0 saturated carbocycles. The molecule has 0 aromatic heterocycles. The van der Waals surface area contributed by atoms with Gasteiger partial charge in [-0.2, -0.15) is 0 Å². The van der Waals surface area contributed by atoms with Gasteiger partial charge in [-0.3, -0.25) is 0 Å². The predicted molar refractivity (Wildman–Crippen MR) is 206 cm³/mol. The van der Waals surface area contributed by atoms with E-state index in [-0.39, 0.29) is 19.8 Å². The van der Waals surface area contributed by atoms with Gasteiger partial charge in [0.1, 0.15) is 0 Å². The molecular weight excluding hydrogens is 579 g/mol. The number of hydrogen-bond donors (Lipinski definition) is 0. The normalized spacial score (nSPS) is 10.8. The van der Waals surface area contributed by atoms with Crippen molar-refractivity contribution in [3.05, 3.63) is 36.5 Å². The van der Waals surface area contributed by atoms with E-state index in [2.05, 4.69) is 52.8 Å². The summed E-state index contributed by atoms with van der Waals surface area (Å²) in [4.78, 5) is 0. The van der Waals surface area contributed by atoms with E-state index < -0.39 is 0 Å². The monoisotopic (exact) mass is 663 g/mol. The van der Waals surface area contributed by atoms with Gasteiger partial charge in [0.2, 0.25) is 0 Å². The standard InChI is InChI=1S/3C10H19O.2C6H13.Al/c3*1-2-3-4-5-6-7-8-9-10-11;2*1-3-5-6-4-2;/h3*7-8H,2-6,9-10H2,1H3;2*1,3-6H2,2H3;/q3*-1;;;+1/b3*8-7+;;;. The van der Waals surface area contributed by atoms with Gasteiger partial charge in [0.15, 0.2) is 0 Å². The van der Waals surface area contributed by atoms with Crippen molar-refractivity contribution < 1.29 is 15.3 Å². The van der Waals surface area contributed by atoms with E-state index in [9.17, 15) is 15.3 Å². The van der Waals surface area contributed by atoms with Crippen LogP contribution in [-0.2, 0) is 0 Å². The average Bonchev–Trinajstić information content (AvgIpc) is 3.07. The topological polar surface area (TPSA) is 69.2 Å². The van der Waals surface area contributed by atoms with Crippen LogP contribution in [-0.4, -0.2) is 35.0 Å². The average molecular weight is 663 g/mol. The molecule has 4 heteroatoms. The number of rotatable bonds is 31. The molecule has 3 nitrogen and oxygen atoms in total. The van der Waals surface area contributed by atoms with Gasteiger partial charge in [0.25, 0.3) is 0 Å². The van der Waals surface area contributed by atoms with Crippen molar-refractivity contribution in [2.45, 2.75) is 212 Å². The summed E-state index contributed by atoms with van der Waals surface area (Å²) in [5.74, 6) is 0. The summed E-state index contributed by atoms with van der Waals surface area (Å²) in [6.07, 6.45) is 45.4. The summed E-state index contributed by atoms with van der Waals surface area (Å²) in [6, 6.07) is 0. The van der Waals surface area contributed by atoms with Gasteiger partial charge in [-0.05, 0) is 38.5 Å². The fraction of sp³-hybridized carbons (Fsp3) is 0.857. The van der Waals surface area contributed by atoms with E-state index in [1.807, 2.05) is 18.2 Å². The Labute approximate surface area is 297 Å². The third kappa shape index (κ3) is 70.1. The molecule has 0 bridgehead atoms. The summed E-state index contributed by atoms with van der Waals surface area (Å²) < 4.78 is 0. The van der Waals surface area contributed by atoms with Gasteiger partial charge in [-0.15, -0.1) is 19.8 Å². The summed E-state index contributed by atoms with van der Waals surface area (Å²) in [5, 5.41) is 33.2. The summed E-state index contributed by atoms with van der Waals surface area (Å²) in [7, 11) is 0. The molecule has 0 aliphatic rings. The quantitative estimate of drug-likeness (QED) is 0.0421. The molecule has 0 aliphatic heterocycles. The van der Waals surface area contributed by atoms with Crippen molar-refractivity contribution in [2.24, 2.45) is 0 Å². The first-order chi connectivity index (χ1) is 22.7. The van der Waals surface area contributed by atoms with Crippen molar-refractivity contribution in [2.75, 3.05) is 19.8 Å². The Kier molecular flexibility index (Phi) is 68.4. The maximum atomic E-state index is 10.0. The van der Waals surface area contributed by atoms with Crippen LogP contribution in [0.4, 0.5) is 0 Å². The second kappa shape index (κ2) is 60.0. The fourth-order valence-electron chi connectivity index (χ4n) is 4.55. The molecule has 0 aliphatic carbocycles. The minimum absolute atomic E-state index is 0.0332. The molecule has 46 heavy (non-hydrogen) atoms. The Morgan fingerprint density at radius 2 is 0.543 bits per heavy atom. The van der Waals surface area contributed by atoms with Crippen LogP contribution < -0.4 is 15.3 Å². The molecule has 0 heterocycles. The van der Waals surface area contributed by atoms with E-state index in [4.69, 9.17) is 0 Å². The molecular formula is C42H83AlO3-2. The molecule has 0 radical (unpaired) electrons. The third-order valence-electron chi connectivity index (χ3n) is 7.55. The fourth-order valence-corrected chi connectivity index (χ4v) is 6.00. The Bertz CT molecular complexity index is 466. The zero-order valence-electron chi connectivity index (χ0n) is 32.2. The molecule has 274 valence electrons. The number of hydrogen-bond acceptors (Lipinski definition) is 3. The van der Waals surface area contributed by atoms with Crippen LogP contribution in [0.15, 0.2) is 36.5 Å². The van der Waals surface area contributed by atoms with E-state index in [1.165, 1.54) is 128 Å². The van der Waals surface area contributed by atoms with E-state index in [0.717, 1.165) is 34.5 Å². The molecule has 0 unspecified atom stereocenters. The van der Waals surface area contributed by atoms with Crippen LogP contribution in [0.2, 0.25) is 10.6 Å². The van der Waals surface area contributed by atoms with Crippen LogP contribution in [0, 0.1) is 0 Å². The van der Waals surface area contributed by atoms with Crippen LogP contribution in [0.1, 0.15) is 202 Å². The molecule has 0 rings (SSSR count). The van der Waals surface area contributed by atoms with Gasteiger partial charge in [-0.25, -0.2) is 0 Å². The summed E-state index contributed by atoms with van der Waals surface area (Å²) in [5.41, 5.74) is 0. The molecule has 0 aromatic carbocycles. The van der Waals surface area contributed by atoms with Crippen LogP contribution in [0.3, 0.4) is 0 Å². The summed E-state index contributed by atoms with van der Waals surface area (Å²) >= 11 is 0.805. The van der Waals surface area contributed by atoms with Gasteiger partial charge >= 0.3 is 91.0 Å². The number of unbranched alkanes of at least 4 members (excludes halogenated alkanes) is 18. The van der Waals surface area contributed by atoms with E-state index >= 15 is 0 Å². The zero-order chi connectivity index (χ0) is 34.9. The Morgan fingerprint density at radius 1 is 0.304 bits per heavy atom. The first kappa shape index (κ1) is 52.4. The second-order valence-electron chi connectivity index (χ2n) is 12.4. The SMILES string of the molecule is CCCCCC/C=C/CC[O-].CCCCCC/C=C/CC[O-].CCCCCC/C=C/CC[O-].CCCCC[CH2][Al+][CH2]CCCCC. The van der Waals surface area contributed by atoms with Crippen molar-refractivity contribution >= 4 is 15.2 Å². The Hall–Kier alpha value is -0.368. The second-order valence-corrected chi connectivity index (χ2v) is 14.2.